The third-order valence-corrected chi connectivity index (χ3v) is 2.93. The second-order valence-corrected chi connectivity index (χ2v) is 4.20. The Morgan fingerprint density at radius 3 is 2.40 bits per heavy atom. The molecule has 0 aromatic rings. The summed E-state index contributed by atoms with van der Waals surface area (Å²) in [6.45, 7) is 10.1. The average Bonchev–Trinajstić information content (AvgIpc) is 2.24. The summed E-state index contributed by atoms with van der Waals surface area (Å²) in [6.07, 6.45) is 2.39. The van der Waals surface area contributed by atoms with Gasteiger partial charge in [-0.1, -0.05) is 13.8 Å². The van der Waals surface area contributed by atoms with Gasteiger partial charge in [-0.15, -0.1) is 0 Å². The molecule has 0 aliphatic carbocycles. The van der Waals surface area contributed by atoms with Crippen LogP contribution in [0, 0.1) is 0 Å². The highest BCUT2D eigenvalue weighted by Gasteiger charge is 2.04. The lowest BCUT2D eigenvalue weighted by Crippen LogP contribution is -2.39. The van der Waals surface area contributed by atoms with E-state index < -0.39 is 0 Å². The van der Waals surface area contributed by atoms with Crippen LogP contribution in [-0.4, -0.2) is 42.7 Å². The van der Waals surface area contributed by atoms with Crippen molar-refractivity contribution in [3.05, 3.63) is 0 Å². The molecule has 0 aromatic carbocycles. The van der Waals surface area contributed by atoms with Gasteiger partial charge in [0.2, 0.25) is 0 Å². The molecule has 0 aliphatic rings. The number of rotatable bonds is 7. The molecule has 1 atom stereocenters. The molecule has 0 amide bonds. The minimum absolute atomic E-state index is 0.459. The number of nitrogens with one attached hydrogen (secondary N) is 2. The fraction of sp³-hybridized carbons (Fsp3) is 0.909. The summed E-state index contributed by atoms with van der Waals surface area (Å²) >= 11 is 5.05. The predicted molar refractivity (Wildman–Crippen MR) is 71.3 cm³/mol. The molecule has 0 rings (SSSR count). The molecule has 0 spiro atoms. The molecule has 4 heteroatoms. The van der Waals surface area contributed by atoms with Gasteiger partial charge in [-0.25, -0.2) is 0 Å². The molecular formula is C11H25N3S. The highest BCUT2D eigenvalue weighted by Crippen LogP contribution is 1.99. The van der Waals surface area contributed by atoms with Gasteiger partial charge in [0.05, 0.1) is 0 Å². The number of hydrogen-bond acceptors (Lipinski definition) is 2. The largest absolute Gasteiger partial charge is 0.366 e. The van der Waals surface area contributed by atoms with Crippen LogP contribution in [0.4, 0.5) is 0 Å². The number of thiocarbonyl (C=S) groups is 1. The van der Waals surface area contributed by atoms with Gasteiger partial charge < -0.3 is 15.5 Å². The number of nitrogens with zero attached hydrogens (tertiary/aromatic N) is 1. The molecule has 0 aromatic heterocycles. The summed E-state index contributed by atoms with van der Waals surface area (Å²) in [7, 11) is 1.85. The molecule has 3 nitrogen and oxygen atoms in total. The molecule has 90 valence electrons. The maximum Gasteiger partial charge on any atom is 0.166 e. The normalized spacial score (nSPS) is 12.6. The summed E-state index contributed by atoms with van der Waals surface area (Å²) in [5, 5.41) is 6.91. The van der Waals surface area contributed by atoms with Gasteiger partial charge in [-0.2, -0.15) is 0 Å². The van der Waals surface area contributed by atoms with Gasteiger partial charge >= 0.3 is 0 Å². The summed E-state index contributed by atoms with van der Waals surface area (Å²) in [4.78, 5) is 2.45. The first kappa shape index (κ1) is 14.6. The maximum atomic E-state index is 5.05. The smallest absolute Gasteiger partial charge is 0.166 e. The zero-order valence-electron chi connectivity index (χ0n) is 10.5. The van der Waals surface area contributed by atoms with Crippen LogP contribution in [0.5, 0.6) is 0 Å². The Bertz CT molecular complexity index is 169. The van der Waals surface area contributed by atoms with E-state index in [0.29, 0.717) is 6.04 Å². The Hall–Kier alpha value is -0.350. The highest BCUT2D eigenvalue weighted by atomic mass is 32.1. The average molecular weight is 231 g/mol. The van der Waals surface area contributed by atoms with Crippen molar-refractivity contribution in [2.75, 3.05) is 26.7 Å². The zero-order chi connectivity index (χ0) is 11.7. The highest BCUT2D eigenvalue weighted by molar-refractivity contribution is 7.80. The van der Waals surface area contributed by atoms with E-state index in [-0.39, 0.29) is 0 Å². The zero-order valence-corrected chi connectivity index (χ0v) is 11.3. The van der Waals surface area contributed by atoms with E-state index in [4.69, 9.17) is 12.2 Å². The standard InChI is InChI=1S/C11H25N3S/c1-5-14(6-2)9-7-8-10(3)13-11(15)12-4/h10H,5-9H2,1-4H3,(H2,12,13,15). The third-order valence-electron chi connectivity index (χ3n) is 2.61. The summed E-state index contributed by atoms with van der Waals surface area (Å²) in [5.41, 5.74) is 0. The molecule has 0 aliphatic heterocycles. The Morgan fingerprint density at radius 2 is 1.93 bits per heavy atom. The lowest BCUT2D eigenvalue weighted by Gasteiger charge is -2.20. The van der Waals surface area contributed by atoms with Crippen molar-refractivity contribution < 1.29 is 0 Å². The van der Waals surface area contributed by atoms with Crippen molar-refractivity contribution in [3.8, 4) is 0 Å². The van der Waals surface area contributed by atoms with E-state index >= 15 is 0 Å². The summed E-state index contributed by atoms with van der Waals surface area (Å²) in [5.74, 6) is 0. The van der Waals surface area contributed by atoms with E-state index in [1.807, 2.05) is 7.05 Å². The monoisotopic (exact) mass is 231 g/mol. The van der Waals surface area contributed by atoms with Crippen molar-refractivity contribution >= 4 is 17.3 Å². The lowest BCUT2D eigenvalue weighted by molar-refractivity contribution is 0.292. The van der Waals surface area contributed by atoms with Crippen molar-refractivity contribution in [3.63, 3.8) is 0 Å². The second-order valence-electron chi connectivity index (χ2n) is 3.79. The van der Waals surface area contributed by atoms with Crippen molar-refractivity contribution in [1.29, 1.82) is 0 Å². The van der Waals surface area contributed by atoms with E-state index in [1.54, 1.807) is 0 Å². The van der Waals surface area contributed by atoms with E-state index in [9.17, 15) is 0 Å². The fourth-order valence-electron chi connectivity index (χ4n) is 1.53. The van der Waals surface area contributed by atoms with Crippen LogP contribution in [0.1, 0.15) is 33.6 Å². The van der Waals surface area contributed by atoms with Crippen LogP contribution < -0.4 is 10.6 Å². The second kappa shape index (κ2) is 8.92. The predicted octanol–water partition coefficient (Wildman–Crippen LogP) is 1.59. The minimum atomic E-state index is 0.459. The van der Waals surface area contributed by atoms with E-state index in [2.05, 4.69) is 36.3 Å². The number of hydrogen-bond donors (Lipinski definition) is 2. The first-order valence-electron chi connectivity index (χ1n) is 5.84. The van der Waals surface area contributed by atoms with Gasteiger partial charge in [0.15, 0.2) is 5.11 Å². The van der Waals surface area contributed by atoms with Crippen LogP contribution in [0.25, 0.3) is 0 Å². The van der Waals surface area contributed by atoms with Crippen LogP contribution in [0.15, 0.2) is 0 Å². The lowest BCUT2D eigenvalue weighted by atomic mass is 10.2. The van der Waals surface area contributed by atoms with Gasteiger partial charge in [-0.05, 0) is 51.6 Å². The van der Waals surface area contributed by atoms with Gasteiger partial charge in [0.25, 0.3) is 0 Å². The molecule has 0 fully saturated rings. The molecule has 0 heterocycles. The first-order valence-corrected chi connectivity index (χ1v) is 6.25. The fourth-order valence-corrected chi connectivity index (χ4v) is 1.73. The van der Waals surface area contributed by atoms with Crippen LogP contribution in [0.3, 0.4) is 0 Å². The van der Waals surface area contributed by atoms with E-state index in [1.165, 1.54) is 19.4 Å². The SMILES string of the molecule is CCN(CC)CCCC(C)NC(=S)NC. The van der Waals surface area contributed by atoms with Gasteiger partial charge in [-0.3, -0.25) is 0 Å². The van der Waals surface area contributed by atoms with E-state index in [0.717, 1.165) is 18.2 Å². The molecule has 2 N–H and O–H groups in total. The Labute approximate surface area is 99.6 Å². The van der Waals surface area contributed by atoms with Crippen LogP contribution in [-0.2, 0) is 0 Å². The maximum absolute atomic E-state index is 5.05. The van der Waals surface area contributed by atoms with Gasteiger partial charge in [0.1, 0.15) is 0 Å². The van der Waals surface area contributed by atoms with Crippen molar-refractivity contribution in [2.24, 2.45) is 0 Å². The van der Waals surface area contributed by atoms with Crippen LogP contribution >= 0.6 is 12.2 Å². The minimum Gasteiger partial charge on any atom is -0.366 e. The van der Waals surface area contributed by atoms with Crippen molar-refractivity contribution in [1.82, 2.24) is 15.5 Å². The Morgan fingerprint density at radius 1 is 1.33 bits per heavy atom. The third kappa shape index (κ3) is 7.56. The Kier molecular flexibility index (Phi) is 8.71. The molecule has 0 radical (unpaired) electrons. The van der Waals surface area contributed by atoms with Gasteiger partial charge in [0, 0.05) is 13.1 Å². The molecule has 15 heavy (non-hydrogen) atoms. The summed E-state index contributed by atoms with van der Waals surface area (Å²) < 4.78 is 0. The topological polar surface area (TPSA) is 27.3 Å². The molecule has 0 bridgehead atoms. The Balaban J connectivity index is 3.53. The van der Waals surface area contributed by atoms with Crippen molar-refractivity contribution in [2.45, 2.75) is 39.7 Å². The van der Waals surface area contributed by atoms with Crippen LogP contribution in [0.2, 0.25) is 0 Å². The molecule has 1 unspecified atom stereocenters. The summed E-state index contributed by atoms with van der Waals surface area (Å²) in [6, 6.07) is 0.459. The quantitative estimate of drug-likeness (QED) is 0.651. The molecule has 0 saturated heterocycles. The molecule has 0 saturated carbocycles. The molecular weight excluding hydrogens is 206 g/mol. The first-order chi connectivity index (χ1) is 7.13.